The van der Waals surface area contributed by atoms with Crippen LogP contribution in [0.5, 0.6) is 0 Å². The summed E-state index contributed by atoms with van der Waals surface area (Å²) >= 11 is 4.23. The van der Waals surface area contributed by atoms with E-state index in [1.54, 1.807) is 0 Å². The summed E-state index contributed by atoms with van der Waals surface area (Å²) in [6.07, 6.45) is 7.93. The van der Waals surface area contributed by atoms with Gasteiger partial charge < -0.3 is 5.32 Å². The molecule has 0 aromatic carbocycles. The van der Waals surface area contributed by atoms with Crippen LogP contribution in [-0.4, -0.2) is 28.5 Å². The van der Waals surface area contributed by atoms with Gasteiger partial charge in [-0.2, -0.15) is 4.21 Å². The van der Waals surface area contributed by atoms with E-state index in [1.165, 1.54) is 32.1 Å². The van der Waals surface area contributed by atoms with Crippen LogP contribution in [0.15, 0.2) is 0 Å². The quantitative estimate of drug-likeness (QED) is 0.639. The minimum absolute atomic E-state index is 0.190. The Morgan fingerprint density at radius 1 is 1.30 bits per heavy atom. The second-order valence-electron chi connectivity index (χ2n) is 6.15. The first-order valence-electron chi connectivity index (χ1n) is 7.71. The number of nitrogens with one attached hydrogen (secondary N) is 1. The molecule has 1 fully saturated rings. The molecule has 0 saturated heterocycles. The zero-order chi connectivity index (χ0) is 15.0. The van der Waals surface area contributed by atoms with Gasteiger partial charge in [-0.1, -0.05) is 39.5 Å². The van der Waals surface area contributed by atoms with E-state index in [-0.39, 0.29) is 6.61 Å². The van der Waals surface area contributed by atoms with Crippen molar-refractivity contribution < 1.29 is 12.9 Å². The fourth-order valence-corrected chi connectivity index (χ4v) is 3.55. The van der Waals surface area contributed by atoms with Crippen LogP contribution in [0, 0.1) is 17.8 Å². The number of unbranched alkanes of at least 4 members (excludes halogenated alkanes) is 1. The highest BCUT2D eigenvalue weighted by Crippen LogP contribution is 2.36. The maximum absolute atomic E-state index is 10.7. The van der Waals surface area contributed by atoms with Crippen molar-refractivity contribution >= 4 is 20.2 Å². The Labute approximate surface area is 128 Å². The zero-order valence-electron chi connectivity index (χ0n) is 12.7. The summed E-state index contributed by atoms with van der Waals surface area (Å²) < 4.78 is 24.0. The van der Waals surface area contributed by atoms with E-state index in [2.05, 4.69) is 34.5 Å². The first kappa shape index (κ1) is 18.3. The number of rotatable bonds is 9. The van der Waals surface area contributed by atoms with Crippen LogP contribution >= 0.6 is 0 Å². The maximum atomic E-state index is 10.7. The lowest BCUT2D eigenvalue weighted by atomic mass is 9.73. The van der Waals surface area contributed by atoms with Gasteiger partial charge in [-0.15, -0.1) is 0 Å². The number of hydrogen-bond donors (Lipinski definition) is 2. The lowest BCUT2D eigenvalue weighted by Crippen LogP contribution is -2.23. The van der Waals surface area contributed by atoms with Crippen LogP contribution in [0.3, 0.4) is 0 Å². The van der Waals surface area contributed by atoms with E-state index < -0.39 is 9.05 Å². The van der Waals surface area contributed by atoms with Gasteiger partial charge in [-0.3, -0.25) is 8.74 Å². The average molecular weight is 324 g/mol. The Hall–Kier alpha value is 0.250. The molecular formula is C14H29NO3S2. The Morgan fingerprint density at radius 2 is 2.05 bits per heavy atom. The van der Waals surface area contributed by atoms with Crippen LogP contribution < -0.4 is 5.32 Å². The van der Waals surface area contributed by atoms with Crippen molar-refractivity contribution in [3.63, 3.8) is 0 Å². The molecule has 20 heavy (non-hydrogen) atoms. The fraction of sp³-hybridized carbons (Fsp3) is 1.00. The topological polar surface area (TPSA) is 58.6 Å². The molecule has 0 aromatic heterocycles. The van der Waals surface area contributed by atoms with Gasteiger partial charge in [-0.05, 0) is 37.1 Å². The molecule has 1 aliphatic carbocycles. The zero-order valence-corrected chi connectivity index (χ0v) is 14.3. The van der Waals surface area contributed by atoms with Crippen LogP contribution in [-0.2, 0) is 24.4 Å². The molecule has 0 radical (unpaired) electrons. The highest BCUT2D eigenvalue weighted by molar-refractivity contribution is 8.27. The molecule has 0 bridgehead atoms. The summed E-state index contributed by atoms with van der Waals surface area (Å²) in [4.78, 5) is 0. The minimum atomic E-state index is -3.45. The molecule has 0 spiro atoms. The Kier molecular flexibility index (Phi) is 8.51. The normalized spacial score (nSPS) is 30.1. The van der Waals surface area contributed by atoms with E-state index >= 15 is 0 Å². The molecule has 120 valence electrons. The van der Waals surface area contributed by atoms with Crippen molar-refractivity contribution in [3.8, 4) is 0 Å². The third-order valence-electron chi connectivity index (χ3n) is 4.31. The van der Waals surface area contributed by atoms with Crippen molar-refractivity contribution in [2.24, 2.45) is 17.8 Å². The highest BCUT2D eigenvalue weighted by atomic mass is 32.9. The standard InChI is InChI=1S/C14H29NO3S2/c1-12-6-7-13(2)14(11-12)5-3-4-8-15-9-10-18-20(16,17)19/h12-15H,3-11H2,1-2H3,(H,16,17,19)/t12-,13+,14+/m1/s1. The predicted octanol–water partition coefficient (Wildman–Crippen LogP) is 2.97. The first-order valence-corrected chi connectivity index (χ1v) is 10.1. The SMILES string of the molecule is C[C@@H]1CC[C@H](C)[C@@H](CCCCNCCOS(=O)(O)=S)C1. The van der Waals surface area contributed by atoms with Crippen LogP contribution in [0.1, 0.15) is 52.4 Å². The van der Waals surface area contributed by atoms with Gasteiger partial charge in [0.2, 0.25) is 0 Å². The van der Waals surface area contributed by atoms with Crippen molar-refractivity contribution in [1.82, 2.24) is 5.32 Å². The Morgan fingerprint density at radius 3 is 2.75 bits per heavy atom. The largest absolute Gasteiger partial charge is 0.314 e. The molecule has 1 saturated carbocycles. The molecule has 1 unspecified atom stereocenters. The molecule has 4 atom stereocenters. The van der Waals surface area contributed by atoms with Gasteiger partial charge in [0.05, 0.1) is 6.61 Å². The van der Waals surface area contributed by atoms with E-state index in [9.17, 15) is 4.21 Å². The summed E-state index contributed by atoms with van der Waals surface area (Å²) in [5.74, 6) is 2.69. The predicted molar refractivity (Wildman–Crippen MR) is 86.5 cm³/mol. The third kappa shape index (κ3) is 8.52. The van der Waals surface area contributed by atoms with E-state index in [0.717, 1.165) is 30.7 Å². The van der Waals surface area contributed by atoms with Crippen molar-refractivity contribution in [1.29, 1.82) is 0 Å². The second kappa shape index (κ2) is 9.30. The van der Waals surface area contributed by atoms with Crippen LogP contribution in [0.2, 0.25) is 0 Å². The molecule has 1 rings (SSSR count). The van der Waals surface area contributed by atoms with Gasteiger partial charge in [0, 0.05) is 17.7 Å². The highest BCUT2D eigenvalue weighted by Gasteiger charge is 2.24. The van der Waals surface area contributed by atoms with E-state index in [4.69, 9.17) is 4.55 Å². The van der Waals surface area contributed by atoms with Gasteiger partial charge in [-0.25, -0.2) is 0 Å². The molecule has 4 nitrogen and oxygen atoms in total. The fourth-order valence-electron chi connectivity index (χ4n) is 3.05. The molecule has 2 N–H and O–H groups in total. The summed E-state index contributed by atoms with van der Waals surface area (Å²) in [6, 6.07) is 0. The summed E-state index contributed by atoms with van der Waals surface area (Å²) in [5, 5.41) is 3.21. The van der Waals surface area contributed by atoms with Gasteiger partial charge in [0.25, 0.3) is 9.05 Å². The van der Waals surface area contributed by atoms with E-state index in [0.29, 0.717) is 6.54 Å². The maximum Gasteiger partial charge on any atom is 0.266 e. The van der Waals surface area contributed by atoms with Gasteiger partial charge >= 0.3 is 0 Å². The summed E-state index contributed by atoms with van der Waals surface area (Å²) in [6.45, 7) is 6.47. The van der Waals surface area contributed by atoms with Crippen molar-refractivity contribution in [2.75, 3.05) is 19.7 Å². The van der Waals surface area contributed by atoms with Crippen molar-refractivity contribution in [2.45, 2.75) is 52.4 Å². The van der Waals surface area contributed by atoms with E-state index in [1.807, 2.05) is 0 Å². The first-order chi connectivity index (χ1) is 9.38. The molecule has 1 aliphatic rings. The third-order valence-corrected chi connectivity index (χ3v) is 5.07. The van der Waals surface area contributed by atoms with Crippen LogP contribution in [0.25, 0.3) is 0 Å². The lowest BCUT2D eigenvalue weighted by molar-refractivity contribution is 0.189. The van der Waals surface area contributed by atoms with Gasteiger partial charge in [0.1, 0.15) is 0 Å². The van der Waals surface area contributed by atoms with Crippen molar-refractivity contribution in [3.05, 3.63) is 0 Å². The molecule has 0 aliphatic heterocycles. The molecule has 0 heterocycles. The molecular weight excluding hydrogens is 294 g/mol. The molecule has 6 heteroatoms. The van der Waals surface area contributed by atoms with Gasteiger partial charge in [0.15, 0.2) is 0 Å². The Balaban J connectivity index is 1.96. The summed E-state index contributed by atoms with van der Waals surface area (Å²) in [7, 11) is -3.45. The molecule has 0 amide bonds. The summed E-state index contributed by atoms with van der Waals surface area (Å²) in [5.41, 5.74) is 0. The monoisotopic (exact) mass is 323 g/mol. The number of hydrogen-bond acceptors (Lipinski definition) is 4. The second-order valence-corrected chi connectivity index (χ2v) is 8.51. The average Bonchev–Trinajstić information content (AvgIpc) is 2.35. The smallest absolute Gasteiger partial charge is 0.266 e. The minimum Gasteiger partial charge on any atom is -0.314 e. The van der Waals surface area contributed by atoms with Crippen LogP contribution in [0.4, 0.5) is 0 Å². The lowest BCUT2D eigenvalue weighted by Gasteiger charge is -2.32. The molecule has 0 aromatic rings. The Bertz CT molecular complexity index is 359.